The molecule has 0 bridgehead atoms. The summed E-state index contributed by atoms with van der Waals surface area (Å²) in [5.41, 5.74) is 1.12. The lowest BCUT2D eigenvalue weighted by atomic mass is 9.93. The summed E-state index contributed by atoms with van der Waals surface area (Å²) in [6.07, 6.45) is 3.59. The Bertz CT molecular complexity index is 613. The Morgan fingerprint density at radius 1 is 1.48 bits per heavy atom. The number of amides is 1. The summed E-state index contributed by atoms with van der Waals surface area (Å²) in [4.78, 5) is 20.6. The number of rotatable bonds is 5. The standard InChI is InChI=1S/C14H20N4OS2/c1-14(2,3)10-8-20-12(17-10)7-16-11(19)9-21-13-15-5-6-18(13)4/h5-6,8H,7,9H2,1-4H3,(H,16,19). The van der Waals surface area contributed by atoms with E-state index in [9.17, 15) is 4.79 Å². The number of nitrogens with zero attached hydrogens (tertiary/aromatic N) is 3. The number of aromatic nitrogens is 3. The van der Waals surface area contributed by atoms with E-state index in [-0.39, 0.29) is 11.3 Å². The molecule has 0 aliphatic carbocycles. The molecule has 0 aliphatic heterocycles. The number of aryl methyl sites for hydroxylation is 1. The van der Waals surface area contributed by atoms with Gasteiger partial charge in [-0.25, -0.2) is 9.97 Å². The molecule has 2 aromatic rings. The van der Waals surface area contributed by atoms with Gasteiger partial charge in [0.15, 0.2) is 5.16 Å². The van der Waals surface area contributed by atoms with Crippen molar-refractivity contribution in [3.05, 3.63) is 28.5 Å². The summed E-state index contributed by atoms with van der Waals surface area (Å²) in [6.45, 7) is 6.89. The number of hydrogen-bond acceptors (Lipinski definition) is 5. The molecule has 0 unspecified atom stereocenters. The third-order valence-corrected chi connectivity index (χ3v) is 4.77. The first-order valence-corrected chi connectivity index (χ1v) is 8.54. The van der Waals surface area contributed by atoms with Gasteiger partial charge in [0, 0.05) is 30.2 Å². The fourth-order valence-electron chi connectivity index (χ4n) is 1.58. The van der Waals surface area contributed by atoms with Crippen molar-refractivity contribution in [2.24, 2.45) is 7.05 Å². The van der Waals surface area contributed by atoms with Crippen LogP contribution in [0, 0.1) is 0 Å². The number of imidazole rings is 1. The Kier molecular flexibility index (Phi) is 5.05. The van der Waals surface area contributed by atoms with Crippen LogP contribution in [-0.4, -0.2) is 26.2 Å². The third-order valence-electron chi connectivity index (χ3n) is 2.87. The summed E-state index contributed by atoms with van der Waals surface area (Å²) in [7, 11) is 1.91. The molecule has 21 heavy (non-hydrogen) atoms. The van der Waals surface area contributed by atoms with Crippen LogP contribution in [0.3, 0.4) is 0 Å². The Balaban J connectivity index is 1.79. The number of hydrogen-bond donors (Lipinski definition) is 1. The second-order valence-electron chi connectivity index (χ2n) is 5.76. The lowest BCUT2D eigenvalue weighted by molar-refractivity contribution is -0.118. The molecule has 0 spiro atoms. The van der Waals surface area contributed by atoms with E-state index in [0.29, 0.717) is 12.3 Å². The molecule has 2 aromatic heterocycles. The first kappa shape index (κ1) is 16.0. The molecule has 0 radical (unpaired) electrons. The predicted octanol–water partition coefficient (Wildman–Crippen LogP) is 2.58. The molecule has 0 saturated carbocycles. The van der Waals surface area contributed by atoms with Crippen molar-refractivity contribution >= 4 is 29.0 Å². The van der Waals surface area contributed by atoms with Crippen molar-refractivity contribution in [3.8, 4) is 0 Å². The summed E-state index contributed by atoms with van der Waals surface area (Å²) >= 11 is 3.02. The topological polar surface area (TPSA) is 59.8 Å². The van der Waals surface area contributed by atoms with Gasteiger partial charge < -0.3 is 9.88 Å². The zero-order chi connectivity index (χ0) is 15.5. The van der Waals surface area contributed by atoms with Crippen molar-refractivity contribution in [2.75, 3.05) is 5.75 Å². The van der Waals surface area contributed by atoms with Crippen LogP contribution in [0.5, 0.6) is 0 Å². The predicted molar refractivity (Wildman–Crippen MR) is 86.6 cm³/mol. The number of carbonyl (C=O) groups excluding carboxylic acids is 1. The van der Waals surface area contributed by atoms with Crippen LogP contribution in [0.1, 0.15) is 31.5 Å². The number of carbonyl (C=O) groups is 1. The molecule has 0 fully saturated rings. The molecule has 0 aliphatic rings. The van der Waals surface area contributed by atoms with Gasteiger partial charge in [-0.3, -0.25) is 4.79 Å². The van der Waals surface area contributed by atoms with Gasteiger partial charge in [-0.15, -0.1) is 11.3 Å². The maximum absolute atomic E-state index is 11.8. The summed E-state index contributed by atoms with van der Waals surface area (Å²) in [5, 5.41) is 6.74. The lowest BCUT2D eigenvalue weighted by Crippen LogP contribution is -2.24. The van der Waals surface area contributed by atoms with Gasteiger partial charge in [0.1, 0.15) is 5.01 Å². The molecule has 0 aromatic carbocycles. The van der Waals surface area contributed by atoms with E-state index in [1.54, 1.807) is 17.5 Å². The highest BCUT2D eigenvalue weighted by atomic mass is 32.2. The summed E-state index contributed by atoms with van der Waals surface area (Å²) in [6, 6.07) is 0. The van der Waals surface area contributed by atoms with Crippen molar-refractivity contribution in [3.63, 3.8) is 0 Å². The zero-order valence-electron chi connectivity index (χ0n) is 12.7. The van der Waals surface area contributed by atoms with Crippen molar-refractivity contribution in [1.29, 1.82) is 0 Å². The first-order valence-electron chi connectivity index (χ1n) is 6.68. The number of nitrogens with one attached hydrogen (secondary N) is 1. The van der Waals surface area contributed by atoms with E-state index in [2.05, 4.69) is 41.4 Å². The summed E-state index contributed by atoms with van der Waals surface area (Å²) < 4.78 is 1.90. The van der Waals surface area contributed by atoms with Gasteiger partial charge in [-0.1, -0.05) is 32.5 Å². The van der Waals surface area contributed by atoms with Gasteiger partial charge in [-0.2, -0.15) is 0 Å². The maximum atomic E-state index is 11.8. The van der Waals surface area contributed by atoms with E-state index in [1.807, 2.05) is 17.8 Å². The SMILES string of the molecule is Cn1ccnc1SCC(=O)NCc1nc(C(C)(C)C)cs1. The summed E-state index contributed by atoms with van der Waals surface area (Å²) in [5.74, 6) is 0.359. The van der Waals surface area contributed by atoms with E-state index in [0.717, 1.165) is 15.9 Å². The van der Waals surface area contributed by atoms with Crippen LogP contribution in [0.4, 0.5) is 0 Å². The van der Waals surface area contributed by atoms with Crippen molar-refractivity contribution < 1.29 is 4.79 Å². The Morgan fingerprint density at radius 3 is 2.81 bits per heavy atom. The lowest BCUT2D eigenvalue weighted by Gasteiger charge is -2.14. The molecule has 7 heteroatoms. The molecule has 2 rings (SSSR count). The highest BCUT2D eigenvalue weighted by Gasteiger charge is 2.17. The van der Waals surface area contributed by atoms with Gasteiger partial charge in [0.05, 0.1) is 18.0 Å². The van der Waals surface area contributed by atoms with Gasteiger partial charge in [0.25, 0.3) is 0 Å². The molecular formula is C14H20N4OS2. The molecular weight excluding hydrogens is 304 g/mol. The minimum absolute atomic E-state index is 0.00416. The van der Waals surface area contributed by atoms with E-state index in [4.69, 9.17) is 0 Å². The fraction of sp³-hybridized carbons (Fsp3) is 0.500. The van der Waals surface area contributed by atoms with Crippen LogP contribution in [-0.2, 0) is 23.8 Å². The van der Waals surface area contributed by atoms with Crippen molar-refractivity contribution in [1.82, 2.24) is 19.9 Å². The Hall–Kier alpha value is -1.34. The average molecular weight is 324 g/mol. The van der Waals surface area contributed by atoms with E-state index in [1.165, 1.54) is 11.8 Å². The molecule has 1 amide bonds. The highest BCUT2D eigenvalue weighted by Crippen LogP contribution is 2.23. The Labute approximate surface area is 133 Å². The average Bonchev–Trinajstić information content (AvgIpc) is 3.02. The smallest absolute Gasteiger partial charge is 0.230 e. The minimum atomic E-state index is -0.00416. The largest absolute Gasteiger partial charge is 0.349 e. The molecule has 1 N–H and O–H groups in total. The Morgan fingerprint density at radius 2 is 2.24 bits per heavy atom. The third kappa shape index (κ3) is 4.57. The second-order valence-corrected chi connectivity index (χ2v) is 7.65. The fourth-order valence-corrected chi connectivity index (χ4v) is 3.31. The normalized spacial score (nSPS) is 11.6. The second kappa shape index (κ2) is 6.62. The van der Waals surface area contributed by atoms with Crippen LogP contribution < -0.4 is 5.32 Å². The molecule has 2 heterocycles. The first-order chi connectivity index (χ1) is 9.86. The van der Waals surface area contributed by atoms with Crippen LogP contribution in [0.2, 0.25) is 0 Å². The molecule has 5 nitrogen and oxygen atoms in total. The molecule has 0 saturated heterocycles. The molecule has 0 atom stereocenters. The number of thioether (sulfide) groups is 1. The van der Waals surface area contributed by atoms with Crippen LogP contribution >= 0.6 is 23.1 Å². The quantitative estimate of drug-likeness (QED) is 0.859. The minimum Gasteiger partial charge on any atom is -0.349 e. The molecule has 114 valence electrons. The zero-order valence-corrected chi connectivity index (χ0v) is 14.3. The van der Waals surface area contributed by atoms with Gasteiger partial charge >= 0.3 is 0 Å². The maximum Gasteiger partial charge on any atom is 0.230 e. The van der Waals surface area contributed by atoms with Crippen LogP contribution in [0.15, 0.2) is 22.9 Å². The van der Waals surface area contributed by atoms with Gasteiger partial charge in [-0.05, 0) is 0 Å². The van der Waals surface area contributed by atoms with Gasteiger partial charge in [0.2, 0.25) is 5.91 Å². The monoisotopic (exact) mass is 324 g/mol. The van der Waals surface area contributed by atoms with Crippen LogP contribution in [0.25, 0.3) is 0 Å². The van der Waals surface area contributed by atoms with Crippen molar-refractivity contribution in [2.45, 2.75) is 37.9 Å². The highest BCUT2D eigenvalue weighted by molar-refractivity contribution is 7.99. The van der Waals surface area contributed by atoms with E-state index >= 15 is 0 Å². The van der Waals surface area contributed by atoms with E-state index < -0.39 is 0 Å². The number of thiazole rings is 1.